The molecule has 7 aromatic rings. The number of rotatable bonds is 3. The number of fused-ring (bicyclic) bond motifs is 5. The molecule has 0 spiro atoms. The Morgan fingerprint density at radius 3 is 1.86 bits per heavy atom. The van der Waals surface area contributed by atoms with E-state index in [1.807, 2.05) is 91.3 Å². The van der Waals surface area contributed by atoms with Gasteiger partial charge in [0.15, 0.2) is 0 Å². The minimum Gasteiger partial charge on any atom is -0.503 e. The topological polar surface area (TPSA) is 44.2 Å². The summed E-state index contributed by atoms with van der Waals surface area (Å²) in [4.78, 5) is 9.49. The molecule has 0 radical (unpaired) electrons. The molecule has 0 amide bonds. The van der Waals surface area contributed by atoms with Crippen LogP contribution in [0.4, 0.5) is 0 Å². The van der Waals surface area contributed by atoms with Gasteiger partial charge in [0.05, 0.1) is 0 Å². The van der Waals surface area contributed by atoms with Crippen LogP contribution in [0.25, 0.3) is 44.4 Å². The summed E-state index contributed by atoms with van der Waals surface area (Å²) in [7, 11) is 0. The van der Waals surface area contributed by atoms with E-state index in [4.69, 9.17) is 19.4 Å². The van der Waals surface area contributed by atoms with Gasteiger partial charge in [0.25, 0.3) is 0 Å². The summed E-state index contributed by atoms with van der Waals surface area (Å²) in [6.45, 7) is -0.170. The predicted octanol–water partition coefficient (Wildman–Crippen LogP) is 6.96. The molecule has 4 nitrogen and oxygen atoms in total. The van der Waals surface area contributed by atoms with Crippen LogP contribution >= 0.6 is 0 Å². The fourth-order valence-electron chi connectivity index (χ4n) is 6.18. The molecule has 0 atom stereocenters. The molecule has 0 unspecified atom stereocenters. The molecule has 0 fully saturated rings. The van der Waals surface area contributed by atoms with Crippen molar-refractivity contribution in [3.63, 3.8) is 0 Å². The third-order valence-electron chi connectivity index (χ3n) is 8.25. The zero-order valence-corrected chi connectivity index (χ0v) is 25.5. The summed E-state index contributed by atoms with van der Waals surface area (Å²) in [6.07, 6.45) is 3.78. The van der Waals surface area contributed by atoms with Gasteiger partial charge in [-0.2, -0.15) is 0 Å². The van der Waals surface area contributed by atoms with Crippen LogP contribution in [-0.2, 0) is 21.1 Å². The number of hydrogen-bond donors (Lipinski definition) is 0. The first-order valence-corrected chi connectivity index (χ1v) is 14.3. The van der Waals surface area contributed by atoms with E-state index >= 15 is 0 Å². The van der Waals surface area contributed by atoms with Crippen LogP contribution in [0.1, 0.15) is 0 Å². The SMILES string of the molecule is [Pt+2].[c-]1c(-c2cc(-c3ccccc3)ccn2)ccc2c1B1c3[c-]c(-c4cc5ccccc5cn4)ccc3Oc3cccc(c31)O2. The second kappa shape index (κ2) is 10.6. The van der Waals surface area contributed by atoms with Gasteiger partial charge in [-0.3, -0.25) is 0 Å². The Morgan fingerprint density at radius 1 is 0.523 bits per heavy atom. The first kappa shape index (κ1) is 26.6. The van der Waals surface area contributed by atoms with Crippen LogP contribution in [0, 0.1) is 12.1 Å². The van der Waals surface area contributed by atoms with E-state index in [9.17, 15) is 0 Å². The van der Waals surface area contributed by atoms with Crippen molar-refractivity contribution >= 4 is 33.9 Å². The summed E-state index contributed by atoms with van der Waals surface area (Å²) in [6, 6.07) is 46.4. The Bertz CT molecular complexity index is 2210. The van der Waals surface area contributed by atoms with Gasteiger partial charge in [-0.1, -0.05) is 72.8 Å². The normalized spacial score (nSPS) is 12.2. The fraction of sp³-hybridized carbons (Fsp3) is 0. The summed E-state index contributed by atoms with van der Waals surface area (Å²) in [5.74, 6) is 3.12. The maximum Gasteiger partial charge on any atom is 2.00 e. The minimum atomic E-state index is -0.170. The minimum absolute atomic E-state index is 0. The van der Waals surface area contributed by atoms with Crippen molar-refractivity contribution in [1.82, 2.24) is 9.97 Å². The maximum atomic E-state index is 6.43. The van der Waals surface area contributed by atoms with Gasteiger partial charge < -0.3 is 19.4 Å². The molecule has 6 heteroatoms. The molecule has 0 aliphatic carbocycles. The van der Waals surface area contributed by atoms with Gasteiger partial charge in [-0.05, 0) is 51.5 Å². The summed E-state index contributed by atoms with van der Waals surface area (Å²) < 4.78 is 12.9. The van der Waals surface area contributed by atoms with E-state index < -0.39 is 0 Å². The standard InChI is InChI=1S/C38H21BN2O2.Pt/c1-2-7-24(8-3-1)26-17-18-40-32(22-26)27-13-15-34-30(19-27)39-31-20-28(33-21-25-9-4-5-10-29(25)23-41-33)14-16-35(31)43-37-12-6-11-36(42-34)38(37)39;/h1-18,21-23H;/q-2;+2. The average Bonchev–Trinajstić information content (AvgIpc) is 3.08. The molecule has 44 heavy (non-hydrogen) atoms. The molecular weight excluding hydrogens is 722 g/mol. The third kappa shape index (κ3) is 4.35. The van der Waals surface area contributed by atoms with Crippen LogP contribution in [0.2, 0.25) is 0 Å². The average molecular weight is 743 g/mol. The zero-order valence-electron chi connectivity index (χ0n) is 23.2. The number of hydrogen-bond acceptors (Lipinski definition) is 4. The van der Waals surface area contributed by atoms with Crippen LogP contribution in [-0.4, -0.2) is 16.7 Å². The van der Waals surface area contributed by atoms with E-state index in [1.165, 1.54) is 0 Å². The Morgan fingerprint density at radius 2 is 1.16 bits per heavy atom. The van der Waals surface area contributed by atoms with Gasteiger partial charge >= 0.3 is 21.1 Å². The van der Waals surface area contributed by atoms with Crippen molar-refractivity contribution in [3.8, 4) is 56.6 Å². The van der Waals surface area contributed by atoms with E-state index in [2.05, 4.69) is 48.5 Å². The van der Waals surface area contributed by atoms with Crippen LogP contribution in [0.3, 0.4) is 0 Å². The smallest absolute Gasteiger partial charge is 0.503 e. The molecule has 2 aromatic heterocycles. The first-order chi connectivity index (χ1) is 21.3. The largest absolute Gasteiger partial charge is 2.00 e. The van der Waals surface area contributed by atoms with Crippen LogP contribution in [0.15, 0.2) is 128 Å². The van der Waals surface area contributed by atoms with E-state index in [-0.39, 0.29) is 27.8 Å². The van der Waals surface area contributed by atoms with Crippen molar-refractivity contribution in [2.24, 2.45) is 0 Å². The van der Waals surface area contributed by atoms with Gasteiger partial charge in [-0.15, -0.1) is 58.5 Å². The summed E-state index contributed by atoms with van der Waals surface area (Å²) >= 11 is 0. The van der Waals surface area contributed by atoms with Crippen LogP contribution < -0.4 is 25.9 Å². The quantitative estimate of drug-likeness (QED) is 0.145. The van der Waals surface area contributed by atoms with Gasteiger partial charge in [0.2, 0.25) is 6.71 Å². The number of benzene rings is 5. The molecule has 0 bridgehead atoms. The first-order valence-electron chi connectivity index (χ1n) is 14.3. The molecule has 9 rings (SSSR count). The second-order valence-corrected chi connectivity index (χ2v) is 10.8. The Labute approximate surface area is 269 Å². The van der Waals surface area contributed by atoms with Crippen molar-refractivity contribution < 1.29 is 30.5 Å². The molecule has 0 N–H and O–H groups in total. The molecule has 208 valence electrons. The molecule has 5 aromatic carbocycles. The number of ether oxygens (including phenoxy) is 2. The Kier molecular flexibility index (Phi) is 6.43. The van der Waals surface area contributed by atoms with Crippen molar-refractivity contribution in [3.05, 3.63) is 140 Å². The fourth-order valence-corrected chi connectivity index (χ4v) is 6.18. The van der Waals surface area contributed by atoms with E-state index in [0.29, 0.717) is 0 Å². The molecular formula is C38H21BN2O2Pt. The zero-order chi connectivity index (χ0) is 28.3. The number of pyridine rings is 2. The second-order valence-electron chi connectivity index (χ2n) is 10.8. The maximum absolute atomic E-state index is 6.43. The van der Waals surface area contributed by atoms with Gasteiger partial charge in [0.1, 0.15) is 11.5 Å². The number of nitrogens with zero attached hydrogens (tertiary/aromatic N) is 2. The molecule has 0 saturated heterocycles. The van der Waals surface area contributed by atoms with Crippen molar-refractivity contribution in [2.75, 3.05) is 0 Å². The summed E-state index contributed by atoms with van der Waals surface area (Å²) in [5, 5.41) is 2.25. The van der Waals surface area contributed by atoms with Crippen molar-refractivity contribution in [1.29, 1.82) is 0 Å². The van der Waals surface area contributed by atoms with E-state index in [0.717, 1.165) is 83.8 Å². The predicted molar refractivity (Wildman–Crippen MR) is 171 cm³/mol. The monoisotopic (exact) mass is 743 g/mol. The molecule has 2 aliphatic heterocycles. The Hall–Kier alpha value is -4.99. The Balaban J connectivity index is 0.00000289. The van der Waals surface area contributed by atoms with Gasteiger partial charge in [0, 0.05) is 29.4 Å². The third-order valence-corrected chi connectivity index (χ3v) is 8.25. The molecule has 4 heterocycles. The summed E-state index contributed by atoms with van der Waals surface area (Å²) in [5.41, 5.74) is 8.66. The molecule has 2 aliphatic rings. The number of aromatic nitrogens is 2. The van der Waals surface area contributed by atoms with Crippen LogP contribution in [0.5, 0.6) is 23.0 Å². The van der Waals surface area contributed by atoms with Gasteiger partial charge in [-0.25, -0.2) is 0 Å². The van der Waals surface area contributed by atoms with E-state index in [1.54, 1.807) is 0 Å². The van der Waals surface area contributed by atoms with Crippen molar-refractivity contribution in [2.45, 2.75) is 0 Å². The molecule has 0 saturated carbocycles.